The Bertz CT molecular complexity index is 248. The van der Waals surface area contributed by atoms with Gasteiger partial charge in [-0.05, 0) is 97.9 Å². The molecule has 106 valence electrons. The van der Waals surface area contributed by atoms with Crippen LogP contribution in [0.2, 0.25) is 0 Å². The van der Waals surface area contributed by atoms with Crippen molar-refractivity contribution in [3.8, 4) is 0 Å². The number of nitrogens with zero attached hydrogens (tertiary/aromatic N) is 2. The molecular weight excluding hydrogens is 220 g/mol. The zero-order valence-electron chi connectivity index (χ0n) is 12.9. The van der Waals surface area contributed by atoms with Gasteiger partial charge in [0.2, 0.25) is 0 Å². The Morgan fingerprint density at radius 3 is 1.94 bits per heavy atom. The molecule has 1 unspecified atom stereocenters. The average Bonchev–Trinajstić information content (AvgIpc) is 2.53. The molecule has 0 aromatic heterocycles. The van der Waals surface area contributed by atoms with Crippen molar-refractivity contribution in [2.45, 2.75) is 58.4 Å². The Morgan fingerprint density at radius 1 is 0.778 bits per heavy atom. The second-order valence-electron chi connectivity index (χ2n) is 7.49. The first-order chi connectivity index (χ1) is 8.47. The maximum absolute atomic E-state index is 2.67. The lowest BCUT2D eigenvalue weighted by molar-refractivity contribution is 0.0675. The predicted molar refractivity (Wildman–Crippen MR) is 78.9 cm³/mol. The van der Waals surface area contributed by atoms with Gasteiger partial charge in [0.1, 0.15) is 0 Å². The van der Waals surface area contributed by atoms with E-state index in [1.807, 2.05) is 0 Å². The minimum atomic E-state index is 0.370. The molecule has 2 fully saturated rings. The van der Waals surface area contributed by atoms with Gasteiger partial charge in [-0.3, -0.25) is 4.90 Å². The first-order valence-corrected chi connectivity index (χ1v) is 7.90. The molecule has 2 rings (SSSR count). The maximum atomic E-state index is 2.67. The lowest BCUT2D eigenvalue weighted by Crippen LogP contribution is -2.47. The molecule has 2 nitrogen and oxygen atoms in total. The van der Waals surface area contributed by atoms with E-state index >= 15 is 0 Å². The summed E-state index contributed by atoms with van der Waals surface area (Å²) in [7, 11) is 2.28. The molecule has 0 bridgehead atoms. The van der Waals surface area contributed by atoms with Crippen LogP contribution < -0.4 is 0 Å². The second kappa shape index (κ2) is 5.92. The normalized spacial score (nSPS) is 30.3. The van der Waals surface area contributed by atoms with Crippen molar-refractivity contribution in [1.82, 2.24) is 9.80 Å². The van der Waals surface area contributed by atoms with E-state index in [0.717, 1.165) is 11.8 Å². The highest BCUT2D eigenvalue weighted by molar-refractivity contribution is 4.85. The van der Waals surface area contributed by atoms with Crippen LogP contribution in [0, 0.1) is 11.8 Å². The summed E-state index contributed by atoms with van der Waals surface area (Å²) in [6, 6.07) is 0. The Labute approximate surface area is 114 Å². The molecule has 2 heteroatoms. The van der Waals surface area contributed by atoms with E-state index in [1.54, 1.807) is 0 Å². The molecule has 18 heavy (non-hydrogen) atoms. The summed E-state index contributed by atoms with van der Waals surface area (Å²) < 4.78 is 0. The lowest BCUT2D eigenvalue weighted by atomic mass is 9.79. The fraction of sp³-hybridized carbons (Fsp3) is 1.00. The zero-order valence-corrected chi connectivity index (χ0v) is 12.9. The molecule has 0 aromatic carbocycles. The third-order valence-electron chi connectivity index (χ3n) is 5.15. The van der Waals surface area contributed by atoms with Crippen LogP contribution in [0.15, 0.2) is 0 Å². The van der Waals surface area contributed by atoms with Crippen molar-refractivity contribution in [3.63, 3.8) is 0 Å². The minimum Gasteiger partial charge on any atom is -0.306 e. The topological polar surface area (TPSA) is 6.48 Å². The summed E-state index contributed by atoms with van der Waals surface area (Å²) in [5.74, 6) is 2.02. The van der Waals surface area contributed by atoms with E-state index in [0.29, 0.717) is 5.54 Å². The highest BCUT2D eigenvalue weighted by Gasteiger charge is 2.31. The molecule has 0 aromatic rings. The monoisotopic (exact) mass is 252 g/mol. The zero-order chi connectivity index (χ0) is 13.2. The highest BCUT2D eigenvalue weighted by atomic mass is 15.2. The van der Waals surface area contributed by atoms with Crippen LogP contribution in [-0.2, 0) is 0 Å². The Balaban J connectivity index is 1.82. The first-order valence-electron chi connectivity index (χ1n) is 7.90. The fourth-order valence-electron chi connectivity index (χ4n) is 3.78. The molecule has 0 amide bonds. The maximum Gasteiger partial charge on any atom is 0.0125 e. The standard InChI is InChI=1S/C16H32N2/c1-16(2,3)18-12-8-15(9-13-18)14-6-5-10-17(4)11-7-14/h14-15H,5-13H2,1-4H3. The van der Waals surface area contributed by atoms with E-state index in [4.69, 9.17) is 0 Å². The Hall–Kier alpha value is -0.0800. The van der Waals surface area contributed by atoms with Gasteiger partial charge < -0.3 is 4.90 Å². The molecule has 2 aliphatic heterocycles. The molecule has 2 saturated heterocycles. The van der Waals surface area contributed by atoms with Gasteiger partial charge in [-0.2, -0.15) is 0 Å². The molecule has 0 aliphatic carbocycles. The summed E-state index contributed by atoms with van der Waals surface area (Å²) in [6.45, 7) is 12.3. The van der Waals surface area contributed by atoms with Crippen LogP contribution in [-0.4, -0.2) is 48.6 Å². The van der Waals surface area contributed by atoms with Gasteiger partial charge >= 0.3 is 0 Å². The number of hydrogen-bond acceptors (Lipinski definition) is 2. The summed E-state index contributed by atoms with van der Waals surface area (Å²) in [6.07, 6.45) is 7.21. The number of likely N-dealkylation sites (tertiary alicyclic amines) is 2. The summed E-state index contributed by atoms with van der Waals surface area (Å²) in [5, 5.41) is 0. The van der Waals surface area contributed by atoms with Crippen molar-refractivity contribution < 1.29 is 0 Å². The molecule has 0 radical (unpaired) electrons. The van der Waals surface area contributed by atoms with E-state index in [2.05, 4.69) is 37.6 Å². The van der Waals surface area contributed by atoms with Crippen LogP contribution in [0.5, 0.6) is 0 Å². The first kappa shape index (κ1) is 14.3. The van der Waals surface area contributed by atoms with E-state index in [1.165, 1.54) is 58.3 Å². The van der Waals surface area contributed by atoms with E-state index < -0.39 is 0 Å². The van der Waals surface area contributed by atoms with Crippen LogP contribution in [0.4, 0.5) is 0 Å². The summed E-state index contributed by atoms with van der Waals surface area (Å²) in [4.78, 5) is 5.19. The van der Waals surface area contributed by atoms with Gasteiger partial charge in [-0.25, -0.2) is 0 Å². The number of hydrogen-bond donors (Lipinski definition) is 0. The Morgan fingerprint density at radius 2 is 1.33 bits per heavy atom. The highest BCUT2D eigenvalue weighted by Crippen LogP contribution is 2.33. The third-order valence-corrected chi connectivity index (χ3v) is 5.15. The number of piperidine rings is 1. The SMILES string of the molecule is CN1CCCC(C2CCN(C(C)(C)C)CC2)CC1. The number of rotatable bonds is 1. The molecule has 2 heterocycles. The van der Waals surface area contributed by atoms with Crippen molar-refractivity contribution >= 4 is 0 Å². The van der Waals surface area contributed by atoms with Gasteiger partial charge in [-0.15, -0.1) is 0 Å². The van der Waals surface area contributed by atoms with Crippen molar-refractivity contribution in [3.05, 3.63) is 0 Å². The van der Waals surface area contributed by atoms with Crippen LogP contribution in [0.1, 0.15) is 52.9 Å². The molecule has 0 spiro atoms. The van der Waals surface area contributed by atoms with Gasteiger partial charge in [0, 0.05) is 5.54 Å². The smallest absolute Gasteiger partial charge is 0.0125 e. The average molecular weight is 252 g/mol. The van der Waals surface area contributed by atoms with E-state index in [-0.39, 0.29) is 0 Å². The summed E-state index contributed by atoms with van der Waals surface area (Å²) in [5.41, 5.74) is 0.370. The summed E-state index contributed by atoms with van der Waals surface area (Å²) >= 11 is 0. The third kappa shape index (κ3) is 3.71. The molecule has 0 saturated carbocycles. The molecular formula is C16H32N2. The lowest BCUT2D eigenvalue weighted by Gasteiger charge is -2.42. The van der Waals surface area contributed by atoms with Crippen LogP contribution in [0.25, 0.3) is 0 Å². The van der Waals surface area contributed by atoms with Gasteiger partial charge in [0.25, 0.3) is 0 Å². The second-order valence-corrected chi connectivity index (χ2v) is 7.49. The van der Waals surface area contributed by atoms with Crippen LogP contribution in [0.3, 0.4) is 0 Å². The molecule has 1 atom stereocenters. The molecule has 2 aliphatic rings. The van der Waals surface area contributed by atoms with Crippen molar-refractivity contribution in [1.29, 1.82) is 0 Å². The minimum absolute atomic E-state index is 0.370. The van der Waals surface area contributed by atoms with Gasteiger partial charge in [-0.1, -0.05) is 0 Å². The van der Waals surface area contributed by atoms with E-state index in [9.17, 15) is 0 Å². The largest absolute Gasteiger partial charge is 0.306 e. The van der Waals surface area contributed by atoms with Crippen molar-refractivity contribution in [2.75, 3.05) is 33.2 Å². The predicted octanol–water partition coefficient (Wildman–Crippen LogP) is 3.23. The molecule has 0 N–H and O–H groups in total. The Kier molecular flexibility index (Phi) is 4.71. The van der Waals surface area contributed by atoms with Gasteiger partial charge in [0.15, 0.2) is 0 Å². The van der Waals surface area contributed by atoms with Gasteiger partial charge in [0.05, 0.1) is 0 Å². The van der Waals surface area contributed by atoms with Crippen molar-refractivity contribution in [2.24, 2.45) is 11.8 Å². The quantitative estimate of drug-likeness (QED) is 0.707. The van der Waals surface area contributed by atoms with Crippen LogP contribution >= 0.6 is 0 Å². The fourth-order valence-corrected chi connectivity index (χ4v) is 3.78.